The standard InChI is InChI=1S/C19H14ClF2N3O/c1-10-2-7-13(17(22)16(10)21)14-8-9-15(24-18(14)23)25-19(26)11-3-5-12(20)6-4-11/h2-9H,1H3,(H3,23,24,25,26). The predicted molar refractivity (Wildman–Crippen MR) is 98.1 cm³/mol. The van der Waals surface area contributed by atoms with Gasteiger partial charge in [-0.1, -0.05) is 23.7 Å². The third-order valence-corrected chi connectivity index (χ3v) is 4.09. The Balaban J connectivity index is 1.87. The Hall–Kier alpha value is -2.99. The van der Waals surface area contributed by atoms with Gasteiger partial charge in [-0.2, -0.15) is 0 Å². The number of nitrogens with two attached hydrogens (primary N) is 1. The minimum atomic E-state index is -0.989. The SMILES string of the molecule is Cc1ccc(-c2ccc(NC(=O)c3ccc(Cl)cc3)nc2N)c(F)c1F. The van der Waals surface area contributed by atoms with Crippen molar-refractivity contribution in [3.63, 3.8) is 0 Å². The molecule has 3 N–H and O–H groups in total. The summed E-state index contributed by atoms with van der Waals surface area (Å²) >= 11 is 5.79. The molecule has 0 unspecified atom stereocenters. The van der Waals surface area contributed by atoms with Gasteiger partial charge in [-0.15, -0.1) is 0 Å². The van der Waals surface area contributed by atoms with Crippen LogP contribution in [-0.4, -0.2) is 10.9 Å². The Morgan fingerprint density at radius 3 is 2.31 bits per heavy atom. The van der Waals surface area contributed by atoms with E-state index in [9.17, 15) is 13.6 Å². The number of anilines is 2. The molecule has 0 saturated heterocycles. The number of nitrogen functional groups attached to an aromatic ring is 1. The zero-order chi connectivity index (χ0) is 18.8. The maximum absolute atomic E-state index is 14.2. The molecule has 0 atom stereocenters. The zero-order valence-corrected chi connectivity index (χ0v) is 14.4. The summed E-state index contributed by atoms with van der Waals surface area (Å²) in [6.07, 6.45) is 0. The fourth-order valence-electron chi connectivity index (χ4n) is 2.42. The molecule has 0 bridgehead atoms. The maximum atomic E-state index is 14.2. The van der Waals surface area contributed by atoms with E-state index in [1.807, 2.05) is 0 Å². The lowest BCUT2D eigenvalue weighted by Gasteiger charge is -2.11. The number of pyridine rings is 1. The van der Waals surface area contributed by atoms with Crippen LogP contribution in [-0.2, 0) is 0 Å². The first-order valence-electron chi connectivity index (χ1n) is 7.65. The van der Waals surface area contributed by atoms with Crippen molar-refractivity contribution in [1.82, 2.24) is 4.98 Å². The number of carbonyl (C=O) groups is 1. The number of hydrogen-bond donors (Lipinski definition) is 2. The Morgan fingerprint density at radius 1 is 1.00 bits per heavy atom. The average Bonchev–Trinajstić information content (AvgIpc) is 2.61. The van der Waals surface area contributed by atoms with Crippen molar-refractivity contribution in [2.45, 2.75) is 6.92 Å². The highest BCUT2D eigenvalue weighted by Crippen LogP contribution is 2.30. The van der Waals surface area contributed by atoms with E-state index in [2.05, 4.69) is 10.3 Å². The van der Waals surface area contributed by atoms with E-state index < -0.39 is 17.5 Å². The van der Waals surface area contributed by atoms with E-state index >= 15 is 0 Å². The largest absolute Gasteiger partial charge is 0.383 e. The fourth-order valence-corrected chi connectivity index (χ4v) is 2.54. The zero-order valence-electron chi connectivity index (χ0n) is 13.7. The summed E-state index contributed by atoms with van der Waals surface area (Å²) in [5.74, 6) is -2.15. The van der Waals surface area contributed by atoms with Crippen LogP contribution in [0.15, 0.2) is 48.5 Å². The first-order valence-corrected chi connectivity index (χ1v) is 8.03. The number of halogens is 3. The highest BCUT2D eigenvalue weighted by molar-refractivity contribution is 6.30. The molecule has 0 spiro atoms. The Bertz CT molecular complexity index is 991. The van der Waals surface area contributed by atoms with Gasteiger partial charge in [-0.3, -0.25) is 4.79 Å². The Kier molecular flexibility index (Phi) is 4.86. The fraction of sp³-hybridized carbons (Fsp3) is 0.0526. The number of carbonyl (C=O) groups excluding carboxylic acids is 1. The van der Waals surface area contributed by atoms with Crippen LogP contribution in [0.25, 0.3) is 11.1 Å². The van der Waals surface area contributed by atoms with Gasteiger partial charge >= 0.3 is 0 Å². The van der Waals surface area contributed by atoms with E-state index in [4.69, 9.17) is 17.3 Å². The van der Waals surface area contributed by atoms with Gasteiger partial charge in [-0.25, -0.2) is 13.8 Å². The van der Waals surface area contributed by atoms with Crippen LogP contribution in [0.2, 0.25) is 5.02 Å². The highest BCUT2D eigenvalue weighted by Gasteiger charge is 2.16. The lowest BCUT2D eigenvalue weighted by Crippen LogP contribution is -2.13. The molecule has 4 nitrogen and oxygen atoms in total. The molecule has 3 rings (SSSR count). The summed E-state index contributed by atoms with van der Waals surface area (Å²) in [7, 11) is 0. The van der Waals surface area contributed by atoms with Crippen LogP contribution in [0.5, 0.6) is 0 Å². The molecule has 1 heterocycles. The summed E-state index contributed by atoms with van der Waals surface area (Å²) < 4.78 is 27.9. The lowest BCUT2D eigenvalue weighted by molar-refractivity contribution is 0.102. The molecule has 1 aromatic heterocycles. The van der Waals surface area contributed by atoms with Gasteiger partial charge < -0.3 is 11.1 Å². The number of benzene rings is 2. The monoisotopic (exact) mass is 373 g/mol. The third-order valence-electron chi connectivity index (χ3n) is 3.84. The second-order valence-corrected chi connectivity index (χ2v) is 6.08. The lowest BCUT2D eigenvalue weighted by atomic mass is 10.0. The summed E-state index contributed by atoms with van der Waals surface area (Å²) in [4.78, 5) is 16.2. The van der Waals surface area contributed by atoms with E-state index in [0.717, 1.165) is 0 Å². The highest BCUT2D eigenvalue weighted by atomic mass is 35.5. The van der Waals surface area contributed by atoms with Crippen molar-refractivity contribution in [3.05, 3.63) is 76.3 Å². The number of aromatic nitrogens is 1. The summed E-state index contributed by atoms with van der Waals surface area (Å²) in [6.45, 7) is 1.47. The molecule has 0 fully saturated rings. The topological polar surface area (TPSA) is 68.0 Å². The van der Waals surface area contributed by atoms with Crippen molar-refractivity contribution in [2.75, 3.05) is 11.1 Å². The van der Waals surface area contributed by atoms with E-state index in [-0.39, 0.29) is 28.3 Å². The number of aryl methyl sites for hydroxylation is 1. The van der Waals surface area contributed by atoms with Gasteiger partial charge in [0, 0.05) is 21.7 Å². The van der Waals surface area contributed by atoms with Crippen LogP contribution in [0, 0.1) is 18.6 Å². The van der Waals surface area contributed by atoms with Crippen molar-refractivity contribution >= 4 is 29.1 Å². The van der Waals surface area contributed by atoms with Gasteiger partial charge in [0.1, 0.15) is 11.6 Å². The first kappa shape index (κ1) is 17.8. The smallest absolute Gasteiger partial charge is 0.256 e. The first-order chi connectivity index (χ1) is 12.4. The number of nitrogens with zero attached hydrogens (tertiary/aromatic N) is 1. The minimum Gasteiger partial charge on any atom is -0.383 e. The second-order valence-electron chi connectivity index (χ2n) is 5.65. The van der Waals surface area contributed by atoms with Gasteiger partial charge in [0.15, 0.2) is 11.6 Å². The van der Waals surface area contributed by atoms with E-state index in [1.54, 1.807) is 24.3 Å². The van der Waals surface area contributed by atoms with Gasteiger partial charge in [0.25, 0.3) is 5.91 Å². The number of hydrogen-bond acceptors (Lipinski definition) is 3. The molecule has 0 saturated carbocycles. The summed E-state index contributed by atoms with van der Waals surface area (Å²) in [5.41, 5.74) is 6.72. The molecule has 1 amide bonds. The van der Waals surface area contributed by atoms with Gasteiger partial charge in [0.2, 0.25) is 0 Å². The van der Waals surface area contributed by atoms with Gasteiger partial charge in [-0.05, 0) is 48.9 Å². The van der Waals surface area contributed by atoms with E-state index in [1.165, 1.54) is 31.2 Å². The molecular formula is C19H14ClF2N3O. The van der Waals surface area contributed by atoms with Crippen LogP contribution in [0.1, 0.15) is 15.9 Å². The molecule has 0 aliphatic carbocycles. The van der Waals surface area contributed by atoms with Crippen LogP contribution < -0.4 is 11.1 Å². The summed E-state index contributed by atoms with van der Waals surface area (Å²) in [5, 5.41) is 3.11. The molecule has 3 aromatic rings. The quantitative estimate of drug-likeness (QED) is 0.691. The molecule has 132 valence electrons. The van der Waals surface area contributed by atoms with Crippen molar-refractivity contribution in [2.24, 2.45) is 0 Å². The predicted octanol–water partition coefficient (Wildman–Crippen LogP) is 4.82. The molecule has 2 aromatic carbocycles. The van der Waals surface area contributed by atoms with Crippen molar-refractivity contribution < 1.29 is 13.6 Å². The molecule has 26 heavy (non-hydrogen) atoms. The molecule has 0 aliphatic heterocycles. The van der Waals surface area contributed by atoms with Crippen molar-refractivity contribution in [3.8, 4) is 11.1 Å². The number of amides is 1. The summed E-state index contributed by atoms with van der Waals surface area (Å²) in [6, 6.07) is 12.2. The second kappa shape index (κ2) is 7.09. The normalized spacial score (nSPS) is 10.6. The molecule has 0 aliphatic rings. The Morgan fingerprint density at radius 2 is 1.65 bits per heavy atom. The molecule has 0 radical (unpaired) electrons. The van der Waals surface area contributed by atoms with Gasteiger partial charge in [0.05, 0.1) is 0 Å². The Labute approximate surface area is 153 Å². The van der Waals surface area contributed by atoms with Crippen LogP contribution in [0.3, 0.4) is 0 Å². The molecular weight excluding hydrogens is 360 g/mol. The number of nitrogens with one attached hydrogen (secondary N) is 1. The van der Waals surface area contributed by atoms with Crippen LogP contribution >= 0.6 is 11.6 Å². The van der Waals surface area contributed by atoms with Crippen molar-refractivity contribution in [1.29, 1.82) is 0 Å². The third kappa shape index (κ3) is 3.50. The number of rotatable bonds is 3. The minimum absolute atomic E-state index is 0.00803. The van der Waals surface area contributed by atoms with Crippen LogP contribution in [0.4, 0.5) is 20.4 Å². The molecule has 7 heteroatoms. The van der Waals surface area contributed by atoms with E-state index in [0.29, 0.717) is 10.6 Å². The maximum Gasteiger partial charge on any atom is 0.256 e. The average molecular weight is 374 g/mol.